The minimum atomic E-state index is 0.378. The van der Waals surface area contributed by atoms with Crippen molar-refractivity contribution in [2.24, 2.45) is 0 Å². The van der Waals surface area contributed by atoms with E-state index in [1.165, 1.54) is 0 Å². The molecule has 0 aliphatic carbocycles. The van der Waals surface area contributed by atoms with Gasteiger partial charge in [-0.05, 0) is 55.0 Å². The predicted octanol–water partition coefficient (Wildman–Crippen LogP) is 6.58. The molecule has 0 atom stereocenters. The number of hydrogen-bond acceptors (Lipinski definition) is 3. The highest BCUT2D eigenvalue weighted by Gasteiger charge is 2.06. The highest BCUT2D eigenvalue weighted by molar-refractivity contribution is 6.32. The van der Waals surface area contributed by atoms with Crippen molar-refractivity contribution in [1.82, 2.24) is 0 Å². The van der Waals surface area contributed by atoms with E-state index < -0.39 is 0 Å². The fourth-order valence-corrected chi connectivity index (χ4v) is 3.03. The van der Waals surface area contributed by atoms with Crippen molar-refractivity contribution in [3.8, 4) is 11.5 Å². The molecular formula is C22H21Cl2NO2. The summed E-state index contributed by atoms with van der Waals surface area (Å²) in [5.41, 5.74) is 3.02. The van der Waals surface area contributed by atoms with Crippen molar-refractivity contribution in [3.63, 3.8) is 0 Å². The number of halogens is 2. The monoisotopic (exact) mass is 401 g/mol. The van der Waals surface area contributed by atoms with Crippen LogP contribution in [0.5, 0.6) is 11.5 Å². The molecule has 140 valence electrons. The molecule has 1 N–H and O–H groups in total. The lowest BCUT2D eigenvalue weighted by atomic mass is 10.2. The quantitative estimate of drug-likeness (QED) is 0.462. The molecule has 0 saturated carbocycles. The summed E-state index contributed by atoms with van der Waals surface area (Å²) in [7, 11) is 0. The summed E-state index contributed by atoms with van der Waals surface area (Å²) in [5, 5.41) is 4.63. The Kier molecular flexibility index (Phi) is 6.86. The standard InChI is InChI=1S/C22H21Cl2NO2/c1-2-26-19-10-8-18(9-11-19)25-14-16-7-12-22(21(24)13-16)27-15-17-5-3-4-6-20(17)23/h3-13,25H,2,14-15H2,1H3. The first kappa shape index (κ1) is 19.4. The molecule has 0 bridgehead atoms. The van der Waals surface area contributed by atoms with Gasteiger partial charge in [-0.3, -0.25) is 0 Å². The molecule has 0 fully saturated rings. The van der Waals surface area contributed by atoms with Crippen LogP contribution in [0.25, 0.3) is 0 Å². The van der Waals surface area contributed by atoms with Gasteiger partial charge in [0, 0.05) is 22.8 Å². The Bertz CT molecular complexity index is 882. The molecule has 0 unspecified atom stereocenters. The van der Waals surface area contributed by atoms with Crippen LogP contribution in [0, 0.1) is 0 Å². The van der Waals surface area contributed by atoms with Crippen LogP contribution < -0.4 is 14.8 Å². The second kappa shape index (κ2) is 9.54. The molecule has 0 heterocycles. The Labute approximate surface area is 169 Å². The summed E-state index contributed by atoms with van der Waals surface area (Å²) < 4.78 is 11.3. The average Bonchev–Trinajstić information content (AvgIpc) is 2.68. The zero-order valence-electron chi connectivity index (χ0n) is 15.0. The molecule has 5 heteroatoms. The van der Waals surface area contributed by atoms with Gasteiger partial charge < -0.3 is 14.8 Å². The van der Waals surface area contributed by atoms with E-state index in [4.69, 9.17) is 32.7 Å². The Balaban J connectivity index is 1.57. The highest BCUT2D eigenvalue weighted by Crippen LogP contribution is 2.28. The van der Waals surface area contributed by atoms with Crippen LogP contribution >= 0.6 is 23.2 Å². The van der Waals surface area contributed by atoms with Gasteiger partial charge in [0.05, 0.1) is 11.6 Å². The Morgan fingerprint density at radius 1 is 0.852 bits per heavy atom. The van der Waals surface area contributed by atoms with E-state index in [-0.39, 0.29) is 0 Å². The molecule has 0 radical (unpaired) electrons. The normalized spacial score (nSPS) is 10.5. The van der Waals surface area contributed by atoms with Gasteiger partial charge in [0.15, 0.2) is 0 Å². The van der Waals surface area contributed by atoms with Crippen LogP contribution in [0.2, 0.25) is 10.0 Å². The van der Waals surface area contributed by atoms with Crippen LogP contribution in [0.4, 0.5) is 5.69 Å². The van der Waals surface area contributed by atoms with Gasteiger partial charge in [-0.15, -0.1) is 0 Å². The van der Waals surface area contributed by atoms with Gasteiger partial charge in [0.1, 0.15) is 18.1 Å². The van der Waals surface area contributed by atoms with Gasteiger partial charge in [-0.25, -0.2) is 0 Å². The Morgan fingerprint density at radius 3 is 2.33 bits per heavy atom. The highest BCUT2D eigenvalue weighted by atomic mass is 35.5. The largest absolute Gasteiger partial charge is 0.494 e. The zero-order valence-corrected chi connectivity index (χ0v) is 16.6. The minimum Gasteiger partial charge on any atom is -0.494 e. The molecule has 0 aromatic heterocycles. The van der Waals surface area contributed by atoms with Crippen molar-refractivity contribution in [2.45, 2.75) is 20.1 Å². The SMILES string of the molecule is CCOc1ccc(NCc2ccc(OCc3ccccc3Cl)c(Cl)c2)cc1. The number of anilines is 1. The fraction of sp³-hybridized carbons (Fsp3) is 0.182. The van der Waals surface area contributed by atoms with E-state index in [1.54, 1.807) is 0 Å². The average molecular weight is 402 g/mol. The van der Waals surface area contributed by atoms with E-state index in [0.29, 0.717) is 35.6 Å². The lowest BCUT2D eigenvalue weighted by molar-refractivity contribution is 0.306. The summed E-state index contributed by atoms with van der Waals surface area (Å²) in [4.78, 5) is 0. The lowest BCUT2D eigenvalue weighted by Crippen LogP contribution is -2.01. The molecule has 0 aliphatic rings. The van der Waals surface area contributed by atoms with Crippen LogP contribution in [-0.4, -0.2) is 6.61 Å². The van der Waals surface area contributed by atoms with Crippen LogP contribution in [-0.2, 0) is 13.2 Å². The smallest absolute Gasteiger partial charge is 0.138 e. The third-order valence-corrected chi connectivity index (χ3v) is 4.66. The maximum atomic E-state index is 6.37. The Morgan fingerprint density at radius 2 is 1.63 bits per heavy atom. The summed E-state index contributed by atoms with van der Waals surface area (Å²) in [6.45, 7) is 3.68. The van der Waals surface area contributed by atoms with Crippen LogP contribution in [0.15, 0.2) is 66.7 Å². The van der Waals surface area contributed by atoms with Crippen LogP contribution in [0.1, 0.15) is 18.1 Å². The molecule has 3 aromatic rings. The predicted molar refractivity (Wildman–Crippen MR) is 112 cm³/mol. The van der Waals surface area contributed by atoms with E-state index in [1.807, 2.05) is 73.7 Å². The Hall–Kier alpha value is -2.36. The summed E-state index contributed by atoms with van der Waals surface area (Å²) in [6.07, 6.45) is 0. The van der Waals surface area contributed by atoms with E-state index >= 15 is 0 Å². The third-order valence-electron chi connectivity index (χ3n) is 4.00. The van der Waals surface area contributed by atoms with Crippen LogP contribution in [0.3, 0.4) is 0 Å². The first-order valence-corrected chi connectivity index (χ1v) is 9.52. The summed E-state index contributed by atoms with van der Waals surface area (Å²) in [5.74, 6) is 1.51. The molecule has 27 heavy (non-hydrogen) atoms. The molecule has 3 nitrogen and oxygen atoms in total. The van der Waals surface area contributed by atoms with Gasteiger partial charge in [0.2, 0.25) is 0 Å². The first-order chi connectivity index (χ1) is 13.2. The molecule has 0 spiro atoms. The van der Waals surface area contributed by atoms with Crippen molar-refractivity contribution < 1.29 is 9.47 Å². The lowest BCUT2D eigenvalue weighted by Gasteiger charge is -2.12. The topological polar surface area (TPSA) is 30.5 Å². The van der Waals surface area contributed by atoms with Gasteiger partial charge in [-0.2, -0.15) is 0 Å². The number of benzene rings is 3. The molecule has 3 rings (SSSR count). The molecule has 0 amide bonds. The molecule has 0 saturated heterocycles. The van der Waals surface area contributed by atoms with E-state index in [9.17, 15) is 0 Å². The second-order valence-electron chi connectivity index (χ2n) is 5.96. The molecular weight excluding hydrogens is 381 g/mol. The number of nitrogens with one attached hydrogen (secondary N) is 1. The number of rotatable bonds is 8. The maximum absolute atomic E-state index is 6.37. The van der Waals surface area contributed by atoms with Crippen molar-refractivity contribution >= 4 is 28.9 Å². The summed E-state index contributed by atoms with van der Waals surface area (Å²) >= 11 is 12.5. The van der Waals surface area contributed by atoms with Crippen molar-refractivity contribution in [2.75, 3.05) is 11.9 Å². The van der Waals surface area contributed by atoms with Gasteiger partial charge >= 0.3 is 0 Å². The fourth-order valence-electron chi connectivity index (χ4n) is 2.58. The van der Waals surface area contributed by atoms with Crippen molar-refractivity contribution in [1.29, 1.82) is 0 Å². The van der Waals surface area contributed by atoms with E-state index in [0.717, 1.165) is 22.6 Å². The maximum Gasteiger partial charge on any atom is 0.138 e. The second-order valence-corrected chi connectivity index (χ2v) is 6.77. The minimum absolute atomic E-state index is 0.378. The van der Waals surface area contributed by atoms with E-state index in [2.05, 4.69) is 5.32 Å². The van der Waals surface area contributed by atoms with Crippen molar-refractivity contribution in [3.05, 3.63) is 87.9 Å². The molecule has 3 aromatic carbocycles. The number of ether oxygens (including phenoxy) is 2. The number of hydrogen-bond donors (Lipinski definition) is 1. The first-order valence-electron chi connectivity index (χ1n) is 8.77. The third kappa shape index (κ3) is 5.56. The molecule has 0 aliphatic heterocycles. The van der Waals surface area contributed by atoms with Gasteiger partial charge in [-0.1, -0.05) is 47.5 Å². The van der Waals surface area contributed by atoms with Gasteiger partial charge in [0.25, 0.3) is 0 Å². The summed E-state index contributed by atoms with van der Waals surface area (Å²) in [6, 6.07) is 21.3. The zero-order chi connectivity index (χ0) is 19.1.